The van der Waals surface area contributed by atoms with E-state index >= 15 is 0 Å². The van der Waals surface area contributed by atoms with Crippen molar-refractivity contribution in [3.8, 4) is 0 Å². The third kappa shape index (κ3) is 3.13. The normalized spacial score (nSPS) is 13.2. The van der Waals surface area contributed by atoms with E-state index in [9.17, 15) is 0 Å². The first-order valence-corrected chi connectivity index (χ1v) is 5.14. The minimum atomic E-state index is 0.126. The van der Waals surface area contributed by atoms with Crippen LogP contribution in [-0.4, -0.2) is 25.0 Å². The van der Waals surface area contributed by atoms with Gasteiger partial charge in [0.2, 0.25) is 0 Å². The molecule has 0 saturated carbocycles. The van der Waals surface area contributed by atoms with Crippen LogP contribution in [0, 0.1) is 6.92 Å². The van der Waals surface area contributed by atoms with E-state index in [0.717, 1.165) is 13.1 Å². The van der Waals surface area contributed by atoms with Gasteiger partial charge in [0.25, 0.3) is 0 Å². The predicted molar refractivity (Wildman–Crippen MR) is 61.3 cm³/mol. The quantitative estimate of drug-likeness (QED) is 0.790. The van der Waals surface area contributed by atoms with Crippen LogP contribution in [0.4, 0.5) is 0 Å². The highest BCUT2D eigenvalue weighted by atomic mass is 15.1. The van der Waals surface area contributed by atoms with E-state index in [1.807, 2.05) is 0 Å². The van der Waals surface area contributed by atoms with E-state index < -0.39 is 0 Å². The zero-order valence-electron chi connectivity index (χ0n) is 9.33. The van der Waals surface area contributed by atoms with Crippen molar-refractivity contribution in [2.45, 2.75) is 19.9 Å². The van der Waals surface area contributed by atoms with Gasteiger partial charge in [0, 0.05) is 12.6 Å². The van der Waals surface area contributed by atoms with Gasteiger partial charge in [-0.05, 0) is 26.1 Å². The largest absolute Gasteiger partial charge is 0.323 e. The van der Waals surface area contributed by atoms with Crippen molar-refractivity contribution in [1.82, 2.24) is 4.90 Å². The molecule has 1 rings (SSSR count). The van der Waals surface area contributed by atoms with Crippen LogP contribution in [0.1, 0.15) is 24.1 Å². The lowest BCUT2D eigenvalue weighted by Gasteiger charge is -2.19. The molecule has 78 valence electrons. The second kappa shape index (κ2) is 5.13. The van der Waals surface area contributed by atoms with Crippen LogP contribution in [0.2, 0.25) is 0 Å². The van der Waals surface area contributed by atoms with Gasteiger partial charge in [0.1, 0.15) is 0 Å². The average molecular weight is 192 g/mol. The molecule has 0 aromatic heterocycles. The molecule has 0 aliphatic rings. The van der Waals surface area contributed by atoms with Crippen LogP contribution in [-0.2, 0) is 0 Å². The van der Waals surface area contributed by atoms with E-state index in [0.29, 0.717) is 0 Å². The summed E-state index contributed by atoms with van der Waals surface area (Å²) in [7, 11) is 2.09. The van der Waals surface area contributed by atoms with Crippen molar-refractivity contribution in [3.63, 3.8) is 0 Å². The molecule has 0 aliphatic heterocycles. The Bertz CT molecular complexity index is 266. The van der Waals surface area contributed by atoms with Gasteiger partial charge in [-0.3, -0.25) is 0 Å². The van der Waals surface area contributed by atoms with Gasteiger partial charge in [-0.1, -0.05) is 36.8 Å². The lowest BCUT2D eigenvalue weighted by molar-refractivity contribution is 0.329. The van der Waals surface area contributed by atoms with E-state index in [1.165, 1.54) is 11.1 Å². The number of likely N-dealkylation sites (N-methyl/N-ethyl adjacent to an activating group) is 1. The Hall–Kier alpha value is -0.860. The Balaban J connectivity index is 2.60. The molecule has 0 fully saturated rings. The molecule has 1 unspecified atom stereocenters. The number of benzene rings is 1. The van der Waals surface area contributed by atoms with Crippen LogP contribution < -0.4 is 5.73 Å². The van der Waals surface area contributed by atoms with Crippen molar-refractivity contribution in [1.29, 1.82) is 0 Å². The van der Waals surface area contributed by atoms with Crippen molar-refractivity contribution < 1.29 is 0 Å². The summed E-state index contributed by atoms with van der Waals surface area (Å²) < 4.78 is 0. The van der Waals surface area contributed by atoms with Crippen LogP contribution in [0.3, 0.4) is 0 Å². The van der Waals surface area contributed by atoms with E-state index in [4.69, 9.17) is 5.73 Å². The highest BCUT2D eigenvalue weighted by Gasteiger charge is 2.07. The molecule has 0 bridgehead atoms. The molecule has 2 heteroatoms. The van der Waals surface area contributed by atoms with Crippen molar-refractivity contribution >= 4 is 0 Å². The number of nitrogens with two attached hydrogens (primary N) is 1. The van der Waals surface area contributed by atoms with Gasteiger partial charge in [0.15, 0.2) is 0 Å². The minimum Gasteiger partial charge on any atom is -0.323 e. The Morgan fingerprint density at radius 3 is 2.36 bits per heavy atom. The van der Waals surface area contributed by atoms with Gasteiger partial charge < -0.3 is 10.6 Å². The first-order valence-electron chi connectivity index (χ1n) is 5.14. The number of hydrogen-bond donors (Lipinski definition) is 1. The first kappa shape index (κ1) is 11.2. The van der Waals surface area contributed by atoms with Crippen LogP contribution in [0.25, 0.3) is 0 Å². The Morgan fingerprint density at radius 1 is 1.29 bits per heavy atom. The van der Waals surface area contributed by atoms with Crippen LogP contribution >= 0.6 is 0 Å². The Labute approximate surface area is 86.7 Å². The van der Waals surface area contributed by atoms with Crippen molar-refractivity contribution in [3.05, 3.63) is 35.4 Å². The predicted octanol–water partition coefficient (Wildman–Crippen LogP) is 1.95. The molecule has 2 N–H and O–H groups in total. The monoisotopic (exact) mass is 192 g/mol. The van der Waals surface area contributed by atoms with E-state index in [1.54, 1.807) is 0 Å². The topological polar surface area (TPSA) is 29.3 Å². The van der Waals surface area contributed by atoms with Gasteiger partial charge >= 0.3 is 0 Å². The third-order valence-corrected chi connectivity index (χ3v) is 2.55. The molecule has 2 nitrogen and oxygen atoms in total. The van der Waals surface area contributed by atoms with Crippen molar-refractivity contribution in [2.24, 2.45) is 5.73 Å². The average Bonchev–Trinajstić information content (AvgIpc) is 2.18. The molecular formula is C12H20N2. The molecule has 0 saturated heterocycles. The summed E-state index contributed by atoms with van der Waals surface area (Å²) in [5.74, 6) is 0. The van der Waals surface area contributed by atoms with Gasteiger partial charge in [-0.15, -0.1) is 0 Å². The maximum absolute atomic E-state index is 6.08. The lowest BCUT2D eigenvalue weighted by Crippen LogP contribution is -2.28. The molecule has 14 heavy (non-hydrogen) atoms. The summed E-state index contributed by atoms with van der Waals surface area (Å²) in [4.78, 5) is 2.23. The van der Waals surface area contributed by atoms with Crippen LogP contribution in [0.5, 0.6) is 0 Å². The fourth-order valence-electron chi connectivity index (χ4n) is 1.38. The maximum Gasteiger partial charge on any atom is 0.0424 e. The molecule has 0 radical (unpaired) electrons. The van der Waals surface area contributed by atoms with Gasteiger partial charge in [-0.25, -0.2) is 0 Å². The number of aryl methyl sites for hydroxylation is 1. The Kier molecular flexibility index (Phi) is 4.11. The molecule has 0 heterocycles. The zero-order valence-corrected chi connectivity index (χ0v) is 9.33. The lowest BCUT2D eigenvalue weighted by atomic mass is 10.1. The zero-order chi connectivity index (χ0) is 10.6. The molecule has 0 aliphatic carbocycles. The second-order valence-corrected chi connectivity index (χ2v) is 3.87. The first-order chi connectivity index (χ1) is 6.63. The highest BCUT2D eigenvalue weighted by molar-refractivity contribution is 5.23. The number of nitrogens with zero attached hydrogens (tertiary/aromatic N) is 1. The molecule has 0 amide bonds. The molecule has 1 atom stereocenters. The van der Waals surface area contributed by atoms with E-state index in [2.05, 4.69) is 50.1 Å². The minimum absolute atomic E-state index is 0.126. The summed E-state index contributed by atoms with van der Waals surface area (Å²) in [6.45, 7) is 6.19. The number of rotatable bonds is 4. The fourth-order valence-corrected chi connectivity index (χ4v) is 1.38. The Morgan fingerprint density at radius 2 is 1.86 bits per heavy atom. The summed E-state index contributed by atoms with van der Waals surface area (Å²) in [6, 6.07) is 8.58. The summed E-state index contributed by atoms with van der Waals surface area (Å²) in [6.07, 6.45) is 0. The SMILES string of the molecule is CCN(C)CC(N)c1ccc(C)cc1. The van der Waals surface area contributed by atoms with Gasteiger partial charge in [0.05, 0.1) is 0 Å². The standard InChI is InChI=1S/C12H20N2/c1-4-14(3)9-12(13)11-7-5-10(2)6-8-11/h5-8,12H,4,9,13H2,1-3H3. The molecule has 0 spiro atoms. The smallest absolute Gasteiger partial charge is 0.0424 e. The fraction of sp³-hybridized carbons (Fsp3) is 0.500. The molecular weight excluding hydrogens is 172 g/mol. The summed E-state index contributed by atoms with van der Waals surface area (Å²) in [5, 5.41) is 0. The van der Waals surface area contributed by atoms with Gasteiger partial charge in [-0.2, -0.15) is 0 Å². The van der Waals surface area contributed by atoms with E-state index in [-0.39, 0.29) is 6.04 Å². The number of hydrogen-bond acceptors (Lipinski definition) is 2. The third-order valence-electron chi connectivity index (χ3n) is 2.55. The van der Waals surface area contributed by atoms with Crippen molar-refractivity contribution in [2.75, 3.05) is 20.1 Å². The molecule has 1 aromatic carbocycles. The maximum atomic E-state index is 6.08. The summed E-state index contributed by atoms with van der Waals surface area (Å²) in [5.41, 5.74) is 8.58. The highest BCUT2D eigenvalue weighted by Crippen LogP contribution is 2.11. The van der Waals surface area contributed by atoms with Crippen LogP contribution in [0.15, 0.2) is 24.3 Å². The molecule has 1 aromatic rings. The summed E-state index contributed by atoms with van der Waals surface area (Å²) >= 11 is 0. The second-order valence-electron chi connectivity index (χ2n) is 3.87.